The Balaban J connectivity index is 1.25. The highest BCUT2D eigenvalue weighted by atomic mass is 32.1. The lowest BCUT2D eigenvalue weighted by molar-refractivity contribution is 0.323. The van der Waals surface area contributed by atoms with Crippen molar-refractivity contribution in [3.63, 3.8) is 0 Å². The summed E-state index contributed by atoms with van der Waals surface area (Å²) in [5, 5.41) is 10.8. The van der Waals surface area contributed by atoms with Crippen LogP contribution >= 0.6 is 22.7 Å². The lowest BCUT2D eigenvalue weighted by Gasteiger charge is -2.22. The molecule has 34 heavy (non-hydrogen) atoms. The molecule has 172 valence electrons. The van der Waals surface area contributed by atoms with Crippen molar-refractivity contribution in [2.24, 2.45) is 0 Å². The molecule has 0 aliphatic rings. The number of aromatic hydroxyl groups is 1. The summed E-state index contributed by atoms with van der Waals surface area (Å²) in [5.74, 6) is 0.725. The summed E-state index contributed by atoms with van der Waals surface area (Å²) in [6.07, 6.45) is 0.498. The molecule has 8 heteroatoms. The van der Waals surface area contributed by atoms with Crippen LogP contribution in [0.15, 0.2) is 83.7 Å². The minimum absolute atomic E-state index is 0.0521. The van der Waals surface area contributed by atoms with Crippen LogP contribution in [0.5, 0.6) is 11.6 Å². The molecule has 0 aliphatic heterocycles. The van der Waals surface area contributed by atoms with E-state index in [0.717, 1.165) is 39.8 Å². The molecular formula is C26H23N3O3S2. The monoisotopic (exact) mass is 489 g/mol. The molecule has 0 bridgehead atoms. The summed E-state index contributed by atoms with van der Waals surface area (Å²) in [6.45, 7) is 1.97. The molecule has 0 amide bonds. The van der Waals surface area contributed by atoms with Crippen molar-refractivity contribution in [3.8, 4) is 11.6 Å². The van der Waals surface area contributed by atoms with Gasteiger partial charge in [0.2, 0.25) is 5.88 Å². The summed E-state index contributed by atoms with van der Waals surface area (Å²) < 4.78 is 7.21. The number of hydrogen-bond donors (Lipinski definition) is 2. The van der Waals surface area contributed by atoms with E-state index in [2.05, 4.69) is 40.2 Å². The second kappa shape index (κ2) is 10.1. The SMILES string of the molecule is O=c1[nH]c(O)c(Cc2ccc(OCCN(Cc3ccccc3)c3nc4ccccc4s3)cc2)s1. The number of hydrogen-bond acceptors (Lipinski definition) is 7. The van der Waals surface area contributed by atoms with Gasteiger partial charge in [0.05, 0.1) is 21.6 Å². The van der Waals surface area contributed by atoms with E-state index in [4.69, 9.17) is 9.72 Å². The van der Waals surface area contributed by atoms with E-state index >= 15 is 0 Å². The van der Waals surface area contributed by atoms with Gasteiger partial charge in [-0.25, -0.2) is 4.98 Å². The molecule has 6 nitrogen and oxygen atoms in total. The van der Waals surface area contributed by atoms with E-state index in [9.17, 15) is 9.90 Å². The van der Waals surface area contributed by atoms with Gasteiger partial charge in [0.15, 0.2) is 5.13 Å². The predicted molar refractivity (Wildman–Crippen MR) is 138 cm³/mol. The molecule has 2 aromatic heterocycles. The standard InChI is InChI=1S/C26H23N3O3S2/c30-24-23(34-26(31)28-24)16-18-10-12-20(13-11-18)32-15-14-29(17-19-6-2-1-3-7-19)25-27-21-8-4-5-9-22(21)33-25/h1-13,30H,14-17H2,(H,28,31). The Bertz CT molecular complexity index is 1390. The van der Waals surface area contributed by atoms with Gasteiger partial charge in [0, 0.05) is 13.0 Å². The third kappa shape index (κ3) is 5.30. The van der Waals surface area contributed by atoms with Gasteiger partial charge in [-0.1, -0.05) is 77.3 Å². The van der Waals surface area contributed by atoms with Crippen LogP contribution in [0.25, 0.3) is 10.2 Å². The molecule has 0 atom stereocenters. The average Bonchev–Trinajstić information content (AvgIpc) is 3.42. The van der Waals surface area contributed by atoms with Crippen LogP contribution in [0.3, 0.4) is 0 Å². The second-order valence-electron chi connectivity index (χ2n) is 7.83. The maximum Gasteiger partial charge on any atom is 0.307 e. The number of aromatic amines is 1. The molecule has 0 saturated carbocycles. The highest BCUT2D eigenvalue weighted by Crippen LogP contribution is 2.29. The number of anilines is 1. The number of benzene rings is 3. The first-order valence-corrected chi connectivity index (χ1v) is 12.5. The lowest BCUT2D eigenvalue weighted by atomic mass is 10.1. The van der Waals surface area contributed by atoms with E-state index < -0.39 is 0 Å². The summed E-state index contributed by atoms with van der Waals surface area (Å²) in [7, 11) is 0. The molecule has 0 unspecified atom stereocenters. The van der Waals surface area contributed by atoms with Crippen molar-refractivity contribution in [1.82, 2.24) is 9.97 Å². The highest BCUT2D eigenvalue weighted by Gasteiger charge is 2.13. The molecule has 2 N–H and O–H groups in total. The van der Waals surface area contributed by atoms with Crippen LogP contribution in [0.1, 0.15) is 16.0 Å². The Morgan fingerprint density at radius 2 is 1.68 bits per heavy atom. The Hall–Kier alpha value is -3.62. The van der Waals surface area contributed by atoms with Crippen molar-refractivity contribution in [1.29, 1.82) is 0 Å². The van der Waals surface area contributed by atoms with Crippen molar-refractivity contribution in [2.45, 2.75) is 13.0 Å². The maximum absolute atomic E-state index is 11.4. The molecule has 0 radical (unpaired) electrons. The first-order chi connectivity index (χ1) is 16.6. The quantitative estimate of drug-likeness (QED) is 0.289. The summed E-state index contributed by atoms with van der Waals surface area (Å²) in [6, 6.07) is 26.3. The molecule has 0 spiro atoms. The third-order valence-corrected chi connectivity index (χ3v) is 7.36. The Morgan fingerprint density at radius 3 is 2.41 bits per heavy atom. The molecule has 5 rings (SSSR count). The Kier molecular flexibility index (Phi) is 6.60. The van der Waals surface area contributed by atoms with E-state index in [0.29, 0.717) is 24.4 Å². The predicted octanol–water partition coefficient (Wildman–Crippen LogP) is 5.43. The minimum Gasteiger partial charge on any atom is -0.494 e. The first-order valence-electron chi connectivity index (χ1n) is 10.9. The van der Waals surface area contributed by atoms with Gasteiger partial charge in [-0.2, -0.15) is 0 Å². The number of thiazole rings is 2. The fourth-order valence-corrected chi connectivity index (χ4v) is 5.42. The maximum atomic E-state index is 11.4. The number of rotatable bonds is 9. The summed E-state index contributed by atoms with van der Waals surface area (Å²) in [5.41, 5.74) is 3.23. The van der Waals surface area contributed by atoms with Crippen LogP contribution in [0.4, 0.5) is 5.13 Å². The van der Waals surface area contributed by atoms with Crippen molar-refractivity contribution in [2.75, 3.05) is 18.1 Å². The average molecular weight is 490 g/mol. The Morgan fingerprint density at radius 1 is 0.912 bits per heavy atom. The number of nitrogens with zero attached hydrogens (tertiary/aromatic N) is 2. The van der Waals surface area contributed by atoms with Crippen LogP contribution in [-0.4, -0.2) is 28.2 Å². The molecule has 5 aromatic rings. The topological polar surface area (TPSA) is 78.5 Å². The van der Waals surface area contributed by atoms with Gasteiger partial charge in [0.25, 0.3) is 0 Å². The molecule has 0 aliphatic carbocycles. The van der Waals surface area contributed by atoms with Gasteiger partial charge >= 0.3 is 4.87 Å². The van der Waals surface area contributed by atoms with E-state index in [1.165, 1.54) is 10.3 Å². The summed E-state index contributed by atoms with van der Waals surface area (Å²) in [4.78, 5) is 21.3. The fraction of sp³-hybridized carbons (Fsp3) is 0.154. The number of para-hydroxylation sites is 1. The molecule has 0 fully saturated rings. The highest BCUT2D eigenvalue weighted by molar-refractivity contribution is 7.22. The van der Waals surface area contributed by atoms with E-state index in [-0.39, 0.29) is 10.8 Å². The number of nitrogens with one attached hydrogen (secondary N) is 1. The smallest absolute Gasteiger partial charge is 0.307 e. The lowest BCUT2D eigenvalue weighted by Crippen LogP contribution is -2.27. The number of fused-ring (bicyclic) bond motifs is 1. The van der Waals surface area contributed by atoms with E-state index in [1.807, 2.05) is 48.5 Å². The van der Waals surface area contributed by atoms with Crippen LogP contribution in [0.2, 0.25) is 0 Å². The number of ether oxygens (including phenoxy) is 1. The van der Waals surface area contributed by atoms with Crippen LogP contribution < -0.4 is 14.5 Å². The zero-order valence-electron chi connectivity index (χ0n) is 18.3. The first kappa shape index (κ1) is 22.2. The normalized spacial score (nSPS) is 11.1. The number of aromatic nitrogens is 2. The third-order valence-electron chi connectivity index (χ3n) is 5.39. The summed E-state index contributed by atoms with van der Waals surface area (Å²) >= 11 is 2.72. The van der Waals surface area contributed by atoms with E-state index in [1.54, 1.807) is 11.3 Å². The van der Waals surface area contributed by atoms with Gasteiger partial charge < -0.3 is 14.7 Å². The Labute approximate surface area is 204 Å². The van der Waals surface area contributed by atoms with Crippen molar-refractivity contribution < 1.29 is 9.84 Å². The largest absolute Gasteiger partial charge is 0.494 e. The van der Waals surface area contributed by atoms with Crippen LogP contribution in [0, 0.1) is 0 Å². The minimum atomic E-state index is -0.249. The number of H-pyrrole nitrogens is 1. The molecule has 3 aromatic carbocycles. The zero-order chi connectivity index (χ0) is 23.3. The second-order valence-corrected chi connectivity index (χ2v) is 9.90. The van der Waals surface area contributed by atoms with Gasteiger partial charge in [-0.15, -0.1) is 0 Å². The van der Waals surface area contributed by atoms with Gasteiger partial charge in [-0.3, -0.25) is 9.78 Å². The van der Waals surface area contributed by atoms with Crippen molar-refractivity contribution >= 4 is 38.0 Å². The van der Waals surface area contributed by atoms with Gasteiger partial charge in [-0.05, 0) is 35.4 Å². The van der Waals surface area contributed by atoms with Crippen molar-refractivity contribution in [3.05, 3.63) is 105 Å². The van der Waals surface area contributed by atoms with Gasteiger partial charge in [0.1, 0.15) is 12.4 Å². The van der Waals surface area contributed by atoms with Crippen LogP contribution in [-0.2, 0) is 13.0 Å². The molecular weight excluding hydrogens is 466 g/mol. The molecule has 2 heterocycles. The zero-order valence-corrected chi connectivity index (χ0v) is 19.9. The fourth-order valence-electron chi connectivity index (χ4n) is 3.68. The molecule has 0 saturated heterocycles.